The number of hydrogen-bond donors (Lipinski definition) is 1. The van der Waals surface area contributed by atoms with Crippen molar-refractivity contribution in [2.45, 2.75) is 6.92 Å². The van der Waals surface area contributed by atoms with E-state index in [1.807, 2.05) is 48.0 Å². The van der Waals surface area contributed by atoms with Gasteiger partial charge in [0.1, 0.15) is 11.3 Å². The Morgan fingerprint density at radius 2 is 2.14 bits per heavy atom. The van der Waals surface area contributed by atoms with Gasteiger partial charge < -0.3 is 9.72 Å². The van der Waals surface area contributed by atoms with Crippen LogP contribution in [0.25, 0.3) is 22.5 Å². The second-order valence-corrected chi connectivity index (χ2v) is 4.63. The number of fused-ring (bicyclic) bond motifs is 2. The van der Waals surface area contributed by atoms with Gasteiger partial charge in [-0.05, 0) is 19.1 Å². The highest BCUT2D eigenvalue weighted by Crippen LogP contribution is 2.19. The van der Waals surface area contributed by atoms with Gasteiger partial charge in [0.15, 0.2) is 5.65 Å². The molecule has 0 aliphatic heterocycles. The van der Waals surface area contributed by atoms with Gasteiger partial charge in [0.2, 0.25) is 5.82 Å². The quantitative estimate of drug-likeness (QED) is 0.620. The first-order valence-electron chi connectivity index (χ1n) is 6.75. The normalized spacial score (nSPS) is 11.3. The van der Waals surface area contributed by atoms with E-state index in [1.165, 1.54) is 0 Å². The summed E-state index contributed by atoms with van der Waals surface area (Å²) in [6, 6.07) is 7.79. The van der Waals surface area contributed by atoms with Gasteiger partial charge in [-0.15, -0.1) is 5.10 Å². The molecule has 0 atom stereocenters. The number of hydrogen-bond acceptors (Lipinski definition) is 5. The Kier molecular flexibility index (Phi) is 2.56. The van der Waals surface area contributed by atoms with Crippen LogP contribution in [0.3, 0.4) is 0 Å². The van der Waals surface area contributed by atoms with Crippen LogP contribution in [0.1, 0.15) is 6.92 Å². The highest BCUT2D eigenvalue weighted by molar-refractivity contribution is 5.77. The number of para-hydroxylation sites is 1. The average molecular weight is 279 g/mol. The summed E-state index contributed by atoms with van der Waals surface area (Å²) in [5.41, 5.74) is 2.48. The van der Waals surface area contributed by atoms with Crippen LogP contribution in [0.4, 0.5) is 5.82 Å². The fraction of sp³-hybridized carbons (Fsp3) is 0.143. The number of imidazole rings is 1. The molecule has 0 bridgehead atoms. The lowest BCUT2D eigenvalue weighted by atomic mass is 10.3. The number of aromatic nitrogens is 6. The number of nitrogens with one attached hydrogen (secondary N) is 1. The predicted molar refractivity (Wildman–Crippen MR) is 79.6 cm³/mol. The van der Waals surface area contributed by atoms with Crippen molar-refractivity contribution in [3.63, 3.8) is 0 Å². The number of rotatable bonds is 3. The fourth-order valence-electron chi connectivity index (χ4n) is 2.35. The lowest BCUT2D eigenvalue weighted by molar-refractivity contribution is 0.799. The molecular weight excluding hydrogens is 266 g/mol. The zero-order chi connectivity index (χ0) is 14.2. The summed E-state index contributed by atoms with van der Waals surface area (Å²) >= 11 is 0. The molecule has 4 rings (SSSR count). The van der Waals surface area contributed by atoms with Crippen molar-refractivity contribution < 1.29 is 0 Å². The van der Waals surface area contributed by atoms with E-state index in [4.69, 9.17) is 0 Å². The molecule has 104 valence electrons. The van der Waals surface area contributed by atoms with E-state index in [2.05, 4.69) is 25.6 Å². The smallest absolute Gasteiger partial charge is 0.201 e. The largest absolute Gasteiger partial charge is 0.369 e. The molecule has 0 amide bonds. The average Bonchev–Trinajstić information content (AvgIpc) is 3.13. The zero-order valence-corrected chi connectivity index (χ0v) is 11.4. The van der Waals surface area contributed by atoms with Gasteiger partial charge in [-0.25, -0.2) is 9.97 Å². The molecule has 1 aromatic carbocycles. The second kappa shape index (κ2) is 4.55. The molecular formula is C14H13N7. The van der Waals surface area contributed by atoms with E-state index < -0.39 is 0 Å². The highest BCUT2D eigenvalue weighted by Gasteiger charge is 2.13. The van der Waals surface area contributed by atoms with Gasteiger partial charge in [-0.3, -0.25) is 0 Å². The van der Waals surface area contributed by atoms with Crippen molar-refractivity contribution in [2.75, 3.05) is 11.9 Å². The third-order valence-electron chi connectivity index (χ3n) is 3.27. The molecule has 4 aromatic rings. The van der Waals surface area contributed by atoms with Crippen molar-refractivity contribution in [1.29, 1.82) is 0 Å². The maximum atomic E-state index is 4.62. The molecule has 0 radical (unpaired) electrons. The molecule has 0 saturated heterocycles. The molecule has 0 spiro atoms. The molecule has 3 heterocycles. The minimum atomic E-state index is 0.659. The Bertz CT molecular complexity index is 921. The van der Waals surface area contributed by atoms with Crippen LogP contribution in [0.2, 0.25) is 0 Å². The Morgan fingerprint density at radius 1 is 1.24 bits per heavy atom. The molecule has 3 aromatic heterocycles. The molecule has 0 unspecified atom stereocenters. The molecule has 7 heteroatoms. The van der Waals surface area contributed by atoms with Gasteiger partial charge in [0.25, 0.3) is 0 Å². The van der Waals surface area contributed by atoms with Crippen LogP contribution in [0.15, 0.2) is 42.9 Å². The number of benzene rings is 1. The third-order valence-corrected chi connectivity index (χ3v) is 3.27. The van der Waals surface area contributed by atoms with Crippen LogP contribution in [-0.2, 0) is 0 Å². The summed E-state index contributed by atoms with van der Waals surface area (Å²) in [6.45, 7) is 2.83. The van der Waals surface area contributed by atoms with Crippen LogP contribution in [-0.4, -0.2) is 35.9 Å². The number of nitrogens with zero attached hydrogens (tertiary/aromatic N) is 6. The first-order chi connectivity index (χ1) is 10.4. The summed E-state index contributed by atoms with van der Waals surface area (Å²) in [7, 11) is 0. The van der Waals surface area contributed by atoms with Gasteiger partial charge >= 0.3 is 0 Å². The van der Waals surface area contributed by atoms with Gasteiger partial charge in [-0.1, -0.05) is 17.3 Å². The van der Waals surface area contributed by atoms with E-state index in [1.54, 1.807) is 10.9 Å². The van der Waals surface area contributed by atoms with Crippen molar-refractivity contribution in [3.05, 3.63) is 42.9 Å². The lowest BCUT2D eigenvalue weighted by Crippen LogP contribution is -2.08. The molecule has 21 heavy (non-hydrogen) atoms. The summed E-state index contributed by atoms with van der Waals surface area (Å²) in [5, 5.41) is 11.6. The molecule has 0 aliphatic rings. The van der Waals surface area contributed by atoms with E-state index in [-0.39, 0.29) is 0 Å². The monoisotopic (exact) mass is 279 g/mol. The van der Waals surface area contributed by atoms with Crippen molar-refractivity contribution in [2.24, 2.45) is 0 Å². The van der Waals surface area contributed by atoms with E-state index in [9.17, 15) is 0 Å². The Hall–Kier alpha value is -2.96. The molecule has 0 aliphatic carbocycles. The van der Waals surface area contributed by atoms with Crippen LogP contribution in [0.5, 0.6) is 0 Å². The summed E-state index contributed by atoms with van der Waals surface area (Å²) < 4.78 is 3.65. The summed E-state index contributed by atoms with van der Waals surface area (Å²) in [5.74, 6) is 1.43. The van der Waals surface area contributed by atoms with Crippen LogP contribution < -0.4 is 5.32 Å². The molecule has 1 N–H and O–H groups in total. The maximum Gasteiger partial charge on any atom is 0.201 e. The van der Waals surface area contributed by atoms with Gasteiger partial charge in [-0.2, -0.15) is 4.68 Å². The van der Waals surface area contributed by atoms with Crippen LogP contribution >= 0.6 is 0 Å². The molecule has 7 nitrogen and oxygen atoms in total. The predicted octanol–water partition coefficient (Wildman–Crippen LogP) is 1.89. The highest BCUT2D eigenvalue weighted by atomic mass is 15.5. The first-order valence-corrected chi connectivity index (χ1v) is 6.75. The van der Waals surface area contributed by atoms with E-state index in [0.29, 0.717) is 5.82 Å². The Morgan fingerprint density at radius 3 is 3.05 bits per heavy atom. The van der Waals surface area contributed by atoms with Gasteiger partial charge in [0, 0.05) is 18.9 Å². The summed E-state index contributed by atoms with van der Waals surface area (Å²) in [6.07, 6.45) is 5.55. The van der Waals surface area contributed by atoms with E-state index in [0.717, 1.165) is 29.0 Å². The third kappa shape index (κ3) is 1.82. The molecule has 0 fully saturated rings. The second-order valence-electron chi connectivity index (χ2n) is 4.63. The van der Waals surface area contributed by atoms with Crippen LogP contribution in [0, 0.1) is 0 Å². The van der Waals surface area contributed by atoms with Crippen molar-refractivity contribution in [1.82, 2.24) is 29.4 Å². The Labute approximate surface area is 120 Å². The molecule has 0 saturated carbocycles. The van der Waals surface area contributed by atoms with Crippen molar-refractivity contribution >= 4 is 22.5 Å². The number of anilines is 1. The Balaban J connectivity index is 2.02. The SMILES string of the molecule is CCNc1cn2ccnc2c(-n2nnc3ccccc32)n1. The lowest BCUT2D eigenvalue weighted by Gasteiger charge is -2.08. The summed E-state index contributed by atoms with van der Waals surface area (Å²) in [4.78, 5) is 8.99. The maximum absolute atomic E-state index is 4.62. The van der Waals surface area contributed by atoms with Gasteiger partial charge in [0.05, 0.1) is 11.7 Å². The zero-order valence-electron chi connectivity index (χ0n) is 11.4. The van der Waals surface area contributed by atoms with E-state index >= 15 is 0 Å². The standard InChI is InChI=1S/C14H13N7/c1-2-15-12-9-20-8-7-16-13(20)14(17-12)21-11-6-4-3-5-10(11)18-19-21/h3-9,15H,2H2,1H3. The minimum Gasteiger partial charge on any atom is -0.369 e. The first kappa shape index (κ1) is 11.8. The topological polar surface area (TPSA) is 72.9 Å². The van der Waals surface area contributed by atoms with Crippen molar-refractivity contribution in [3.8, 4) is 5.82 Å². The fourth-order valence-corrected chi connectivity index (χ4v) is 2.35. The minimum absolute atomic E-state index is 0.659.